The molecule has 13 heteroatoms. The van der Waals surface area contributed by atoms with Gasteiger partial charge in [-0.2, -0.15) is 36.7 Å². The first kappa shape index (κ1) is 17.1. The minimum atomic E-state index is -5.03. The number of nitrogens with zero attached hydrogens (tertiary/aromatic N) is 7. The number of tetrazole rings is 1. The maximum Gasteiger partial charge on any atom is 0.433 e. The summed E-state index contributed by atoms with van der Waals surface area (Å²) in [5.41, 5.74) is -3.65. The summed E-state index contributed by atoms with van der Waals surface area (Å²) in [5, 5.41) is 17.0. The van der Waals surface area contributed by atoms with E-state index in [2.05, 4.69) is 30.7 Å². The van der Waals surface area contributed by atoms with Crippen LogP contribution < -0.4 is 5.10 Å². The van der Waals surface area contributed by atoms with Crippen LogP contribution in [0.25, 0.3) is 11.0 Å². The Hall–Kier alpha value is -2.73. The second kappa shape index (κ2) is 5.67. The quantitative estimate of drug-likeness (QED) is 0.663. The molecular formula is C12H8F6N7-. The van der Waals surface area contributed by atoms with Gasteiger partial charge in [0.2, 0.25) is 0 Å². The first-order chi connectivity index (χ1) is 11.6. The number of fused-ring (bicyclic) bond motifs is 1. The zero-order valence-corrected chi connectivity index (χ0v) is 12.4. The molecule has 0 atom stereocenters. The summed E-state index contributed by atoms with van der Waals surface area (Å²) in [6.07, 6.45) is -9.94. The number of aromatic nitrogens is 7. The first-order valence-electron chi connectivity index (χ1n) is 6.77. The lowest BCUT2D eigenvalue weighted by molar-refractivity contribution is -0.144. The van der Waals surface area contributed by atoms with Crippen LogP contribution in [-0.4, -0.2) is 30.3 Å². The van der Waals surface area contributed by atoms with Gasteiger partial charge in [-0.1, -0.05) is 0 Å². The topological polar surface area (TPSA) is 83.5 Å². The maximum absolute atomic E-state index is 13.2. The van der Waals surface area contributed by atoms with Gasteiger partial charge >= 0.3 is 12.4 Å². The van der Waals surface area contributed by atoms with Crippen molar-refractivity contribution in [2.75, 3.05) is 0 Å². The molecule has 0 aliphatic carbocycles. The van der Waals surface area contributed by atoms with E-state index in [1.807, 2.05) is 0 Å². The Morgan fingerprint density at radius 3 is 2.40 bits per heavy atom. The second-order valence-electron chi connectivity index (χ2n) is 5.10. The van der Waals surface area contributed by atoms with Gasteiger partial charge in [0.15, 0.2) is 5.65 Å². The fraction of sp³-hybridized carbons (Fsp3) is 0.417. The Balaban J connectivity index is 2.16. The average molecular weight is 364 g/mol. The molecule has 0 spiro atoms. The number of hydrogen-bond acceptors (Lipinski definition) is 5. The van der Waals surface area contributed by atoms with Gasteiger partial charge in [-0.15, -0.1) is 0 Å². The molecule has 0 unspecified atom stereocenters. The van der Waals surface area contributed by atoms with Gasteiger partial charge in [0, 0.05) is 12.4 Å². The van der Waals surface area contributed by atoms with Crippen LogP contribution in [0.15, 0.2) is 6.07 Å². The fourth-order valence-electron chi connectivity index (χ4n) is 2.35. The molecule has 0 aliphatic heterocycles. The second-order valence-corrected chi connectivity index (χ2v) is 5.10. The highest BCUT2D eigenvalue weighted by Crippen LogP contribution is 2.39. The predicted octanol–water partition coefficient (Wildman–Crippen LogP) is 2.16. The van der Waals surface area contributed by atoms with E-state index in [4.69, 9.17) is 0 Å². The average Bonchev–Trinajstić information content (AvgIpc) is 3.11. The van der Waals surface area contributed by atoms with E-state index >= 15 is 0 Å². The summed E-state index contributed by atoms with van der Waals surface area (Å²) in [6, 6.07) is -0.00446. The van der Waals surface area contributed by atoms with Crippen molar-refractivity contribution >= 4 is 11.0 Å². The smallest absolute Gasteiger partial charge is 0.335 e. The van der Waals surface area contributed by atoms with Crippen LogP contribution in [0.3, 0.4) is 0 Å². The Morgan fingerprint density at radius 1 is 1.12 bits per heavy atom. The Bertz CT molecular complexity index is 893. The van der Waals surface area contributed by atoms with Crippen LogP contribution in [0.1, 0.15) is 22.8 Å². The van der Waals surface area contributed by atoms with Gasteiger partial charge in [-0.3, -0.25) is 10.3 Å². The molecule has 0 saturated heterocycles. The number of pyridine rings is 1. The fourth-order valence-corrected chi connectivity index (χ4v) is 2.35. The van der Waals surface area contributed by atoms with Crippen LogP contribution in [0.5, 0.6) is 0 Å². The molecule has 0 saturated carbocycles. The first-order valence-corrected chi connectivity index (χ1v) is 6.77. The molecule has 3 aromatic heterocycles. The van der Waals surface area contributed by atoms with Crippen molar-refractivity contribution in [3.05, 3.63) is 28.8 Å². The summed E-state index contributed by atoms with van der Waals surface area (Å²) in [4.78, 5) is 3.34. The highest BCUT2D eigenvalue weighted by atomic mass is 19.4. The van der Waals surface area contributed by atoms with Gasteiger partial charge in [-0.05, 0) is 19.4 Å². The van der Waals surface area contributed by atoms with E-state index in [0.717, 1.165) is 4.68 Å². The van der Waals surface area contributed by atoms with Crippen LogP contribution in [0, 0.1) is 6.92 Å². The lowest BCUT2D eigenvalue weighted by Gasteiger charge is -2.13. The van der Waals surface area contributed by atoms with Gasteiger partial charge in [0.05, 0.1) is 16.6 Å². The van der Waals surface area contributed by atoms with Crippen molar-refractivity contribution in [2.45, 2.75) is 32.2 Å². The van der Waals surface area contributed by atoms with Crippen LogP contribution in [0.4, 0.5) is 26.3 Å². The van der Waals surface area contributed by atoms with Crippen molar-refractivity contribution in [3.8, 4) is 0 Å². The molecule has 0 amide bonds. The number of rotatable bonds is 3. The largest absolute Gasteiger partial charge is 0.433 e. The van der Waals surface area contributed by atoms with Crippen molar-refractivity contribution in [1.29, 1.82) is 0 Å². The SMILES string of the molecule is Cc1nn(CCc2nnn[n-]2)c2nc(C(F)(F)F)cc(C(F)(F)F)c12. The summed E-state index contributed by atoms with van der Waals surface area (Å²) in [6.45, 7) is 1.19. The van der Waals surface area contributed by atoms with E-state index < -0.39 is 34.6 Å². The summed E-state index contributed by atoms with van der Waals surface area (Å²) in [5.74, 6) is 0.185. The number of hydrogen-bond donors (Lipinski definition) is 0. The standard InChI is InChI=1S/C12H8F6N7/c1-5-9-6(11(13,14)15)4-7(12(16,17)18)19-10(9)25(22-5)3-2-8-20-23-24-21-8/h4H,2-3H2,1H3/q-1. The third kappa shape index (κ3) is 3.25. The minimum absolute atomic E-state index is 0.00446. The Kier molecular flexibility index (Phi) is 3.88. The summed E-state index contributed by atoms with van der Waals surface area (Å²) in [7, 11) is 0. The van der Waals surface area contributed by atoms with Crippen LogP contribution in [-0.2, 0) is 25.3 Å². The molecule has 134 valence electrons. The molecule has 3 aromatic rings. The van der Waals surface area contributed by atoms with Crippen molar-refractivity contribution in [3.63, 3.8) is 0 Å². The monoisotopic (exact) mass is 364 g/mol. The number of halogens is 6. The normalized spacial score (nSPS) is 12.9. The number of alkyl halides is 6. The van der Waals surface area contributed by atoms with Crippen molar-refractivity contribution in [1.82, 2.24) is 35.4 Å². The highest BCUT2D eigenvalue weighted by molar-refractivity contribution is 5.83. The minimum Gasteiger partial charge on any atom is -0.335 e. The third-order valence-corrected chi connectivity index (χ3v) is 3.38. The zero-order valence-electron chi connectivity index (χ0n) is 12.4. The van der Waals surface area contributed by atoms with Crippen LogP contribution >= 0.6 is 0 Å². The molecular weight excluding hydrogens is 356 g/mol. The van der Waals surface area contributed by atoms with E-state index in [0.29, 0.717) is 0 Å². The molecule has 0 N–H and O–H groups in total. The van der Waals surface area contributed by atoms with E-state index in [-0.39, 0.29) is 30.6 Å². The molecule has 0 aliphatic rings. The molecule has 7 nitrogen and oxygen atoms in total. The number of aryl methyl sites for hydroxylation is 3. The molecule has 3 rings (SSSR count). The molecule has 0 bridgehead atoms. The lowest BCUT2D eigenvalue weighted by atomic mass is 10.1. The zero-order chi connectivity index (χ0) is 18.4. The summed E-state index contributed by atoms with van der Waals surface area (Å²) < 4.78 is 79.4. The van der Waals surface area contributed by atoms with Crippen molar-refractivity contribution in [2.24, 2.45) is 0 Å². The van der Waals surface area contributed by atoms with Crippen molar-refractivity contribution < 1.29 is 26.3 Å². The van der Waals surface area contributed by atoms with Gasteiger partial charge in [-0.25, -0.2) is 9.67 Å². The molecule has 25 heavy (non-hydrogen) atoms. The Morgan fingerprint density at radius 2 is 1.84 bits per heavy atom. The van der Waals surface area contributed by atoms with Gasteiger partial charge in [0.1, 0.15) is 5.69 Å². The molecule has 0 fully saturated rings. The van der Waals surface area contributed by atoms with Crippen LogP contribution in [0.2, 0.25) is 0 Å². The maximum atomic E-state index is 13.2. The molecule has 0 radical (unpaired) electrons. The third-order valence-electron chi connectivity index (χ3n) is 3.38. The van der Waals surface area contributed by atoms with Gasteiger partial charge < -0.3 is 5.10 Å². The van der Waals surface area contributed by atoms with E-state index in [1.165, 1.54) is 6.92 Å². The lowest BCUT2D eigenvalue weighted by Crippen LogP contribution is -2.15. The predicted molar refractivity (Wildman–Crippen MR) is 69.1 cm³/mol. The van der Waals surface area contributed by atoms with E-state index in [9.17, 15) is 26.3 Å². The highest BCUT2D eigenvalue weighted by Gasteiger charge is 2.40. The van der Waals surface area contributed by atoms with E-state index in [1.54, 1.807) is 0 Å². The molecule has 0 aromatic carbocycles. The molecule has 3 heterocycles. The Labute approximate surface area is 135 Å². The summed E-state index contributed by atoms with van der Waals surface area (Å²) >= 11 is 0. The van der Waals surface area contributed by atoms with Gasteiger partial charge in [0.25, 0.3) is 0 Å².